The van der Waals surface area contributed by atoms with Gasteiger partial charge < -0.3 is 5.73 Å². The third-order valence-electron chi connectivity index (χ3n) is 2.34. The first kappa shape index (κ1) is 13.1. The van der Waals surface area contributed by atoms with Gasteiger partial charge in [0, 0.05) is 13.6 Å². The molecule has 0 aliphatic carbocycles. The van der Waals surface area contributed by atoms with Gasteiger partial charge in [0.2, 0.25) is 0 Å². The van der Waals surface area contributed by atoms with Crippen molar-refractivity contribution in [3.63, 3.8) is 0 Å². The van der Waals surface area contributed by atoms with Crippen molar-refractivity contribution in [1.29, 1.82) is 0 Å². The van der Waals surface area contributed by atoms with Crippen LogP contribution in [0.4, 0.5) is 0 Å². The molecule has 16 heavy (non-hydrogen) atoms. The molecule has 1 aromatic heterocycles. The molecule has 7 heteroatoms. The predicted molar refractivity (Wildman–Crippen MR) is 61.3 cm³/mol. The second-order valence-electron chi connectivity index (χ2n) is 3.60. The molecule has 0 aliphatic rings. The lowest BCUT2D eigenvalue weighted by atomic mass is 10.2. The summed E-state index contributed by atoms with van der Waals surface area (Å²) in [6.07, 6.45) is 4.12. The fraction of sp³-hybridized carbons (Fsp3) is 0.667. The number of nitrogens with zero attached hydrogens (tertiary/aromatic N) is 2. The number of hydrogen-bond acceptors (Lipinski definition) is 4. The van der Waals surface area contributed by atoms with Gasteiger partial charge in [0.15, 0.2) is 5.03 Å². The van der Waals surface area contributed by atoms with Crippen molar-refractivity contribution in [2.24, 2.45) is 5.73 Å². The summed E-state index contributed by atoms with van der Waals surface area (Å²) in [5.41, 5.74) is 5.36. The molecule has 0 saturated carbocycles. The highest BCUT2D eigenvalue weighted by Gasteiger charge is 2.21. The van der Waals surface area contributed by atoms with Crippen LogP contribution in [-0.4, -0.2) is 43.1 Å². The van der Waals surface area contributed by atoms with E-state index in [1.165, 1.54) is 16.6 Å². The fourth-order valence-corrected chi connectivity index (χ4v) is 2.44. The van der Waals surface area contributed by atoms with Gasteiger partial charge in [-0.25, -0.2) is 8.42 Å². The summed E-state index contributed by atoms with van der Waals surface area (Å²) in [4.78, 5) is 0. The van der Waals surface area contributed by atoms with Crippen LogP contribution in [0, 0.1) is 0 Å². The van der Waals surface area contributed by atoms with E-state index in [1.807, 2.05) is 0 Å². The maximum atomic E-state index is 11.9. The molecule has 1 aromatic rings. The van der Waals surface area contributed by atoms with Crippen molar-refractivity contribution < 1.29 is 8.42 Å². The second kappa shape index (κ2) is 5.97. The Hall–Kier alpha value is -0.920. The number of sulfonamides is 1. The van der Waals surface area contributed by atoms with E-state index in [1.54, 1.807) is 7.05 Å². The highest BCUT2D eigenvalue weighted by molar-refractivity contribution is 7.89. The number of nitrogens with one attached hydrogen (secondary N) is 1. The zero-order valence-electron chi connectivity index (χ0n) is 9.39. The molecule has 1 rings (SSSR count). The molecule has 0 amide bonds. The van der Waals surface area contributed by atoms with Gasteiger partial charge in [-0.1, -0.05) is 6.42 Å². The van der Waals surface area contributed by atoms with Crippen molar-refractivity contribution in [1.82, 2.24) is 14.5 Å². The average molecular weight is 246 g/mol. The molecule has 1 heterocycles. The van der Waals surface area contributed by atoms with Crippen molar-refractivity contribution >= 4 is 10.0 Å². The van der Waals surface area contributed by atoms with E-state index in [2.05, 4.69) is 10.2 Å². The molecule has 0 saturated heterocycles. The van der Waals surface area contributed by atoms with E-state index in [4.69, 9.17) is 5.73 Å². The van der Waals surface area contributed by atoms with E-state index in [0.717, 1.165) is 19.3 Å². The highest BCUT2D eigenvalue weighted by Crippen LogP contribution is 2.11. The highest BCUT2D eigenvalue weighted by atomic mass is 32.2. The van der Waals surface area contributed by atoms with Gasteiger partial charge in [0.1, 0.15) is 0 Å². The molecular formula is C9H18N4O2S. The molecule has 0 atom stereocenters. The van der Waals surface area contributed by atoms with Crippen molar-refractivity contribution in [2.45, 2.75) is 24.3 Å². The Morgan fingerprint density at radius 1 is 1.44 bits per heavy atom. The van der Waals surface area contributed by atoms with Gasteiger partial charge >= 0.3 is 0 Å². The Morgan fingerprint density at radius 2 is 2.19 bits per heavy atom. The number of unbranched alkanes of at least 4 members (excludes halogenated alkanes) is 2. The molecule has 0 unspecified atom stereocenters. The van der Waals surface area contributed by atoms with E-state index in [0.29, 0.717) is 13.1 Å². The second-order valence-corrected chi connectivity index (χ2v) is 5.61. The maximum absolute atomic E-state index is 11.9. The predicted octanol–water partition coefficient (Wildman–Crippen LogP) is 0.159. The Kier molecular flexibility index (Phi) is 4.91. The topological polar surface area (TPSA) is 92.1 Å². The lowest BCUT2D eigenvalue weighted by Crippen LogP contribution is -2.28. The number of aromatic amines is 1. The fourth-order valence-electron chi connectivity index (χ4n) is 1.33. The summed E-state index contributed by atoms with van der Waals surface area (Å²) in [5, 5.41) is 6.23. The molecule has 3 N–H and O–H groups in total. The standard InChI is InChI=1S/C9H18N4O2S/c1-13(8-4-2-3-6-10)16(14,15)9-5-7-11-12-9/h5,7H,2-4,6,8,10H2,1H3,(H,11,12). The molecule has 92 valence electrons. The van der Waals surface area contributed by atoms with Gasteiger partial charge in [0.05, 0.1) is 6.20 Å². The van der Waals surface area contributed by atoms with Gasteiger partial charge in [-0.15, -0.1) is 0 Å². The zero-order valence-corrected chi connectivity index (χ0v) is 10.2. The number of hydrogen-bond donors (Lipinski definition) is 2. The first-order valence-corrected chi connectivity index (χ1v) is 6.69. The van der Waals surface area contributed by atoms with E-state index in [-0.39, 0.29) is 5.03 Å². The first-order chi connectivity index (χ1) is 7.59. The van der Waals surface area contributed by atoms with Gasteiger partial charge in [0.25, 0.3) is 10.0 Å². The van der Waals surface area contributed by atoms with E-state index in [9.17, 15) is 8.42 Å². The Labute approximate surface area is 95.9 Å². The third kappa shape index (κ3) is 3.29. The van der Waals surface area contributed by atoms with Crippen molar-refractivity contribution in [3.8, 4) is 0 Å². The summed E-state index contributed by atoms with van der Waals surface area (Å²) in [5.74, 6) is 0. The van der Waals surface area contributed by atoms with E-state index >= 15 is 0 Å². The Bertz CT molecular complexity index is 388. The SMILES string of the molecule is CN(CCCCCN)S(=O)(=O)c1ccn[nH]1. The van der Waals surface area contributed by atoms with E-state index < -0.39 is 10.0 Å². The maximum Gasteiger partial charge on any atom is 0.259 e. The number of H-pyrrole nitrogens is 1. The molecule has 0 aliphatic heterocycles. The van der Waals surface area contributed by atoms with Crippen molar-refractivity contribution in [2.75, 3.05) is 20.1 Å². The number of rotatable bonds is 7. The molecule has 0 fully saturated rings. The first-order valence-electron chi connectivity index (χ1n) is 5.25. The minimum absolute atomic E-state index is 0.133. The molecule has 0 aromatic carbocycles. The van der Waals surface area contributed by atoms with Gasteiger partial charge in [-0.3, -0.25) is 5.10 Å². The van der Waals surface area contributed by atoms with Crippen LogP contribution >= 0.6 is 0 Å². The molecule has 6 nitrogen and oxygen atoms in total. The summed E-state index contributed by atoms with van der Waals surface area (Å²) in [6.45, 7) is 1.15. The summed E-state index contributed by atoms with van der Waals surface area (Å²) in [7, 11) is -1.83. The van der Waals surface area contributed by atoms with Crippen LogP contribution in [0.25, 0.3) is 0 Å². The van der Waals surface area contributed by atoms with Crippen LogP contribution in [-0.2, 0) is 10.0 Å². The molecule has 0 spiro atoms. The average Bonchev–Trinajstić information content (AvgIpc) is 2.77. The summed E-state index contributed by atoms with van der Waals surface area (Å²) in [6, 6.07) is 1.45. The normalized spacial score (nSPS) is 12.2. The largest absolute Gasteiger partial charge is 0.330 e. The van der Waals surface area contributed by atoms with Crippen LogP contribution in [0.1, 0.15) is 19.3 Å². The Morgan fingerprint density at radius 3 is 2.75 bits per heavy atom. The van der Waals surface area contributed by atoms with Crippen LogP contribution in [0.15, 0.2) is 17.3 Å². The lowest BCUT2D eigenvalue weighted by Gasteiger charge is -2.15. The number of nitrogens with two attached hydrogens (primary N) is 1. The Balaban J connectivity index is 2.50. The van der Waals surface area contributed by atoms with Gasteiger partial charge in [-0.05, 0) is 25.5 Å². The molecular weight excluding hydrogens is 228 g/mol. The molecule has 0 bridgehead atoms. The van der Waals surface area contributed by atoms with Crippen LogP contribution < -0.4 is 5.73 Å². The minimum Gasteiger partial charge on any atom is -0.330 e. The summed E-state index contributed by atoms with van der Waals surface area (Å²) >= 11 is 0. The zero-order chi connectivity index (χ0) is 12.0. The quantitative estimate of drug-likeness (QED) is 0.670. The lowest BCUT2D eigenvalue weighted by molar-refractivity contribution is 0.450. The third-order valence-corrected chi connectivity index (χ3v) is 4.13. The van der Waals surface area contributed by atoms with Crippen LogP contribution in [0.5, 0.6) is 0 Å². The van der Waals surface area contributed by atoms with Crippen LogP contribution in [0.3, 0.4) is 0 Å². The monoisotopic (exact) mass is 246 g/mol. The van der Waals surface area contributed by atoms with Crippen molar-refractivity contribution in [3.05, 3.63) is 12.3 Å². The minimum atomic E-state index is -3.40. The summed E-state index contributed by atoms with van der Waals surface area (Å²) < 4.78 is 25.1. The number of aromatic nitrogens is 2. The van der Waals surface area contributed by atoms with Crippen LogP contribution in [0.2, 0.25) is 0 Å². The smallest absolute Gasteiger partial charge is 0.259 e. The van der Waals surface area contributed by atoms with Gasteiger partial charge in [-0.2, -0.15) is 9.40 Å². The molecule has 0 radical (unpaired) electrons.